The average Bonchev–Trinajstić information content (AvgIpc) is 3.17. The molecule has 0 aromatic carbocycles. The van der Waals surface area contributed by atoms with E-state index in [1.165, 1.54) is 12.8 Å². The van der Waals surface area contributed by atoms with Crippen LogP contribution in [-0.2, 0) is 4.74 Å². The number of morpholine rings is 1. The maximum absolute atomic E-state index is 5.99. The van der Waals surface area contributed by atoms with Crippen LogP contribution in [-0.4, -0.2) is 52.7 Å². The predicted molar refractivity (Wildman–Crippen MR) is 91.2 cm³/mol. The van der Waals surface area contributed by atoms with Gasteiger partial charge in [0.25, 0.3) is 0 Å². The molecule has 2 aliphatic rings. The number of hydrogen-bond acceptors (Lipinski definition) is 7. The molecular formula is C17H22N6O. The van der Waals surface area contributed by atoms with Gasteiger partial charge in [-0.2, -0.15) is 0 Å². The lowest BCUT2D eigenvalue weighted by Gasteiger charge is -2.33. The molecule has 2 aliphatic heterocycles. The fourth-order valence-electron chi connectivity index (χ4n) is 3.34. The van der Waals surface area contributed by atoms with E-state index in [2.05, 4.69) is 35.8 Å². The van der Waals surface area contributed by atoms with Gasteiger partial charge in [-0.15, -0.1) is 0 Å². The molecule has 2 saturated heterocycles. The molecule has 0 aliphatic carbocycles. The summed E-state index contributed by atoms with van der Waals surface area (Å²) in [4.78, 5) is 22.3. The molecule has 0 spiro atoms. The Balaban J connectivity index is 1.56. The molecule has 0 saturated carbocycles. The molecule has 0 N–H and O–H groups in total. The van der Waals surface area contributed by atoms with Crippen LogP contribution in [0.3, 0.4) is 0 Å². The summed E-state index contributed by atoms with van der Waals surface area (Å²) in [6.07, 6.45) is 7.61. The van der Waals surface area contributed by atoms with Crippen molar-refractivity contribution in [2.75, 3.05) is 42.6 Å². The Morgan fingerprint density at radius 3 is 2.71 bits per heavy atom. The molecular weight excluding hydrogens is 304 g/mol. The lowest BCUT2D eigenvalue weighted by Crippen LogP contribution is -2.39. The molecule has 0 amide bonds. The highest BCUT2D eigenvalue weighted by atomic mass is 16.5. The van der Waals surface area contributed by atoms with Crippen molar-refractivity contribution >= 4 is 11.6 Å². The minimum atomic E-state index is -0.0659. The van der Waals surface area contributed by atoms with Crippen molar-refractivity contribution < 1.29 is 4.74 Å². The number of ether oxygens (including phenoxy) is 1. The Labute approximate surface area is 141 Å². The number of rotatable bonds is 3. The van der Waals surface area contributed by atoms with Crippen molar-refractivity contribution in [2.45, 2.75) is 25.9 Å². The minimum absolute atomic E-state index is 0.0659. The third-order valence-corrected chi connectivity index (χ3v) is 4.54. The first-order chi connectivity index (χ1) is 11.8. The van der Waals surface area contributed by atoms with E-state index in [4.69, 9.17) is 4.74 Å². The maximum atomic E-state index is 5.99. The first-order valence-electron chi connectivity index (χ1n) is 8.53. The van der Waals surface area contributed by atoms with Gasteiger partial charge in [-0.25, -0.2) is 15.0 Å². The zero-order valence-corrected chi connectivity index (χ0v) is 13.9. The zero-order valence-electron chi connectivity index (χ0n) is 13.9. The summed E-state index contributed by atoms with van der Waals surface area (Å²) in [5, 5.41) is 0. The number of nitrogens with zero attached hydrogens (tertiary/aromatic N) is 6. The van der Waals surface area contributed by atoms with Crippen LogP contribution in [0, 0.1) is 6.92 Å². The zero-order chi connectivity index (χ0) is 16.4. The molecule has 0 radical (unpaired) electrons. The lowest BCUT2D eigenvalue weighted by atomic mass is 10.2. The Kier molecular flexibility index (Phi) is 4.25. The molecule has 0 bridgehead atoms. The van der Waals surface area contributed by atoms with Crippen LogP contribution in [0.4, 0.5) is 11.6 Å². The highest BCUT2D eigenvalue weighted by Crippen LogP contribution is 2.27. The average molecular weight is 326 g/mol. The summed E-state index contributed by atoms with van der Waals surface area (Å²) in [5.41, 5.74) is 0.956. The van der Waals surface area contributed by atoms with E-state index < -0.39 is 0 Å². The van der Waals surface area contributed by atoms with Crippen LogP contribution >= 0.6 is 0 Å². The molecule has 1 atom stereocenters. The minimum Gasteiger partial charge on any atom is -0.368 e. The second-order valence-electron chi connectivity index (χ2n) is 6.26. The van der Waals surface area contributed by atoms with Crippen molar-refractivity contribution in [3.63, 3.8) is 0 Å². The van der Waals surface area contributed by atoms with E-state index >= 15 is 0 Å². The number of hydrogen-bond donors (Lipinski definition) is 0. The predicted octanol–water partition coefficient (Wildman–Crippen LogP) is 1.75. The molecule has 2 fully saturated rings. The third-order valence-electron chi connectivity index (χ3n) is 4.54. The van der Waals surface area contributed by atoms with E-state index in [1.54, 1.807) is 18.6 Å². The van der Waals surface area contributed by atoms with Gasteiger partial charge in [-0.3, -0.25) is 4.98 Å². The van der Waals surface area contributed by atoms with Crippen LogP contribution in [0.25, 0.3) is 0 Å². The second-order valence-corrected chi connectivity index (χ2v) is 6.26. The molecule has 126 valence electrons. The summed E-state index contributed by atoms with van der Waals surface area (Å²) >= 11 is 0. The SMILES string of the molecule is Cc1nc([C@H]2CN(c3cnccn3)CCO2)cc(N2CCCC2)n1. The molecule has 4 rings (SSSR count). The standard InChI is InChI=1S/C17H22N6O/c1-13-20-14(10-16(21-13)22-6-2-3-7-22)15-12-23(8-9-24-15)17-11-18-4-5-19-17/h4-5,10-11,15H,2-3,6-9,12H2,1H3/t15-/m1/s1. The van der Waals surface area contributed by atoms with E-state index in [9.17, 15) is 0 Å². The smallest absolute Gasteiger partial charge is 0.147 e. The number of anilines is 2. The first-order valence-corrected chi connectivity index (χ1v) is 8.53. The monoisotopic (exact) mass is 326 g/mol. The molecule has 2 aromatic rings. The summed E-state index contributed by atoms with van der Waals surface area (Å²) < 4.78 is 5.99. The van der Waals surface area contributed by atoms with Gasteiger partial charge >= 0.3 is 0 Å². The van der Waals surface area contributed by atoms with Crippen LogP contribution in [0.5, 0.6) is 0 Å². The molecule has 24 heavy (non-hydrogen) atoms. The van der Waals surface area contributed by atoms with Crippen molar-refractivity contribution in [3.8, 4) is 0 Å². The second kappa shape index (κ2) is 6.68. The van der Waals surface area contributed by atoms with Crippen molar-refractivity contribution in [2.24, 2.45) is 0 Å². The first kappa shape index (κ1) is 15.3. The Morgan fingerprint density at radius 1 is 1.04 bits per heavy atom. The van der Waals surface area contributed by atoms with Gasteiger partial charge in [0, 0.05) is 38.1 Å². The van der Waals surface area contributed by atoms with Crippen molar-refractivity contribution in [1.82, 2.24) is 19.9 Å². The van der Waals surface area contributed by atoms with Crippen molar-refractivity contribution in [3.05, 3.63) is 36.2 Å². The highest BCUT2D eigenvalue weighted by molar-refractivity contribution is 5.42. The third kappa shape index (κ3) is 3.17. The van der Waals surface area contributed by atoms with Crippen LogP contribution in [0.1, 0.15) is 30.5 Å². The maximum Gasteiger partial charge on any atom is 0.147 e. The van der Waals surface area contributed by atoms with Gasteiger partial charge in [0.1, 0.15) is 23.6 Å². The largest absolute Gasteiger partial charge is 0.368 e. The summed E-state index contributed by atoms with van der Waals surface area (Å²) in [6, 6.07) is 2.09. The normalized spacial score (nSPS) is 21.3. The fourth-order valence-corrected chi connectivity index (χ4v) is 3.34. The number of aryl methyl sites for hydroxylation is 1. The van der Waals surface area contributed by atoms with E-state index in [0.29, 0.717) is 6.61 Å². The van der Waals surface area contributed by atoms with E-state index in [-0.39, 0.29) is 6.10 Å². The van der Waals surface area contributed by atoms with Gasteiger partial charge in [-0.1, -0.05) is 0 Å². The van der Waals surface area contributed by atoms with Gasteiger partial charge in [0.05, 0.1) is 25.0 Å². The summed E-state index contributed by atoms with van der Waals surface area (Å²) in [7, 11) is 0. The Morgan fingerprint density at radius 2 is 1.92 bits per heavy atom. The molecule has 4 heterocycles. The molecule has 7 heteroatoms. The summed E-state index contributed by atoms with van der Waals surface area (Å²) in [5.74, 6) is 2.71. The molecule has 2 aromatic heterocycles. The van der Waals surface area contributed by atoms with Crippen LogP contribution in [0.2, 0.25) is 0 Å². The highest BCUT2D eigenvalue weighted by Gasteiger charge is 2.26. The van der Waals surface area contributed by atoms with E-state index in [1.807, 2.05) is 6.92 Å². The number of aromatic nitrogens is 4. The van der Waals surface area contributed by atoms with E-state index in [0.717, 1.165) is 49.3 Å². The van der Waals surface area contributed by atoms with Gasteiger partial charge in [0.2, 0.25) is 0 Å². The van der Waals surface area contributed by atoms with Gasteiger partial charge in [0.15, 0.2) is 0 Å². The van der Waals surface area contributed by atoms with Crippen molar-refractivity contribution in [1.29, 1.82) is 0 Å². The summed E-state index contributed by atoms with van der Waals surface area (Å²) in [6.45, 7) is 6.31. The van der Waals surface area contributed by atoms with Gasteiger partial charge < -0.3 is 14.5 Å². The lowest BCUT2D eigenvalue weighted by molar-refractivity contribution is 0.0366. The Hall–Kier alpha value is -2.28. The molecule has 0 unspecified atom stereocenters. The fraction of sp³-hybridized carbons (Fsp3) is 0.529. The van der Waals surface area contributed by atoms with Crippen LogP contribution < -0.4 is 9.80 Å². The topological polar surface area (TPSA) is 67.3 Å². The quantitative estimate of drug-likeness (QED) is 0.851. The van der Waals surface area contributed by atoms with Gasteiger partial charge in [-0.05, 0) is 19.8 Å². The van der Waals surface area contributed by atoms with Crippen LogP contribution in [0.15, 0.2) is 24.7 Å². The molecule has 7 nitrogen and oxygen atoms in total. The Bertz CT molecular complexity index is 689.